The lowest BCUT2D eigenvalue weighted by molar-refractivity contribution is 0.896. The Balaban J connectivity index is 2.16. The lowest BCUT2D eigenvalue weighted by atomic mass is 10.4. The van der Waals surface area contributed by atoms with Crippen LogP contribution in [0.4, 0.5) is 5.82 Å². The first kappa shape index (κ1) is 6.58. The molecule has 0 aliphatic carbocycles. The van der Waals surface area contributed by atoms with Gasteiger partial charge in [0.2, 0.25) is 0 Å². The number of anilines is 1. The summed E-state index contributed by atoms with van der Waals surface area (Å²) in [4.78, 5) is 2.22. The molecule has 0 aromatic carbocycles. The summed E-state index contributed by atoms with van der Waals surface area (Å²) in [6, 6.07) is 3.91. The van der Waals surface area contributed by atoms with E-state index in [1.54, 1.807) is 6.20 Å². The van der Waals surface area contributed by atoms with Gasteiger partial charge < -0.3 is 4.90 Å². The predicted octanol–water partition coefficient (Wildman–Crippen LogP) is 0.891. The van der Waals surface area contributed by atoms with Gasteiger partial charge in [-0.2, -0.15) is 5.10 Å². The Hall–Kier alpha value is -1.12. The zero-order valence-electron chi connectivity index (χ0n) is 6.27. The van der Waals surface area contributed by atoms with Crippen molar-refractivity contribution >= 4 is 5.82 Å². The molecular weight excluding hydrogens is 138 g/mol. The van der Waals surface area contributed by atoms with Crippen molar-refractivity contribution in [1.82, 2.24) is 10.2 Å². The van der Waals surface area contributed by atoms with E-state index in [0.717, 1.165) is 25.3 Å². The van der Waals surface area contributed by atoms with Crippen LogP contribution in [0.1, 0.15) is 6.42 Å². The minimum absolute atomic E-state index is 0.987. The normalized spacial score (nSPS) is 17.3. The van der Waals surface area contributed by atoms with E-state index in [2.05, 4.69) is 21.5 Å². The van der Waals surface area contributed by atoms with Crippen LogP contribution in [-0.4, -0.2) is 23.3 Å². The van der Waals surface area contributed by atoms with Crippen LogP contribution in [0.15, 0.2) is 18.3 Å². The first-order valence-electron chi connectivity index (χ1n) is 3.81. The van der Waals surface area contributed by atoms with Gasteiger partial charge in [-0.25, -0.2) is 0 Å². The van der Waals surface area contributed by atoms with Gasteiger partial charge in [-0.1, -0.05) is 0 Å². The maximum absolute atomic E-state index is 4.02. The van der Waals surface area contributed by atoms with E-state index < -0.39 is 0 Å². The molecule has 0 bridgehead atoms. The molecule has 0 N–H and O–H groups in total. The van der Waals surface area contributed by atoms with Crippen LogP contribution in [0.25, 0.3) is 0 Å². The van der Waals surface area contributed by atoms with Gasteiger partial charge in [0.25, 0.3) is 0 Å². The van der Waals surface area contributed by atoms with E-state index in [1.807, 2.05) is 12.1 Å². The Morgan fingerprint density at radius 3 is 3.09 bits per heavy atom. The number of nitrogens with zero attached hydrogens (tertiary/aromatic N) is 3. The topological polar surface area (TPSA) is 29.0 Å². The fraction of sp³-hybridized carbons (Fsp3) is 0.375. The van der Waals surface area contributed by atoms with E-state index in [4.69, 9.17) is 0 Å². The number of hydrogen-bond acceptors (Lipinski definition) is 3. The van der Waals surface area contributed by atoms with Crippen LogP contribution in [0.2, 0.25) is 0 Å². The molecular formula is C8H10N3. The smallest absolute Gasteiger partial charge is 0.151 e. The maximum Gasteiger partial charge on any atom is 0.151 e. The van der Waals surface area contributed by atoms with Crippen molar-refractivity contribution in [2.45, 2.75) is 6.42 Å². The molecule has 11 heavy (non-hydrogen) atoms. The van der Waals surface area contributed by atoms with Crippen molar-refractivity contribution in [1.29, 1.82) is 0 Å². The molecule has 1 radical (unpaired) electrons. The van der Waals surface area contributed by atoms with E-state index in [0.29, 0.717) is 0 Å². The summed E-state index contributed by atoms with van der Waals surface area (Å²) in [7, 11) is 0. The number of rotatable bonds is 1. The molecule has 1 aromatic rings. The molecule has 1 aliphatic rings. The third-order valence-electron chi connectivity index (χ3n) is 1.83. The highest BCUT2D eigenvalue weighted by Gasteiger charge is 2.12. The maximum atomic E-state index is 4.02. The summed E-state index contributed by atoms with van der Waals surface area (Å²) in [5.41, 5.74) is 0. The molecule has 3 nitrogen and oxygen atoms in total. The van der Waals surface area contributed by atoms with Crippen molar-refractivity contribution in [3.05, 3.63) is 24.8 Å². The zero-order chi connectivity index (χ0) is 7.52. The standard InChI is InChI=1S/C8H10N3/c1-2-7-11(6-1)8-4-3-5-9-10-8/h1,3-5H,2,6-7H2. The monoisotopic (exact) mass is 148 g/mol. The van der Waals surface area contributed by atoms with Gasteiger partial charge in [0.05, 0.1) is 0 Å². The second kappa shape index (κ2) is 2.86. The number of aromatic nitrogens is 2. The minimum Gasteiger partial charge on any atom is -0.355 e. The summed E-state index contributed by atoms with van der Waals surface area (Å²) in [5, 5.41) is 7.84. The second-order valence-electron chi connectivity index (χ2n) is 2.61. The molecule has 1 fully saturated rings. The summed E-state index contributed by atoms with van der Waals surface area (Å²) in [6.07, 6.45) is 5.12. The highest BCUT2D eigenvalue weighted by molar-refractivity contribution is 5.38. The molecule has 0 amide bonds. The van der Waals surface area contributed by atoms with Crippen molar-refractivity contribution < 1.29 is 0 Å². The van der Waals surface area contributed by atoms with Crippen LogP contribution in [0, 0.1) is 6.42 Å². The van der Waals surface area contributed by atoms with Crippen LogP contribution in [0.5, 0.6) is 0 Å². The molecule has 57 valence electrons. The van der Waals surface area contributed by atoms with Gasteiger partial charge in [0, 0.05) is 19.3 Å². The molecule has 0 unspecified atom stereocenters. The van der Waals surface area contributed by atoms with Gasteiger partial charge in [0.1, 0.15) is 0 Å². The van der Waals surface area contributed by atoms with Gasteiger partial charge in [-0.15, -0.1) is 5.10 Å². The van der Waals surface area contributed by atoms with Crippen molar-refractivity contribution in [2.24, 2.45) is 0 Å². The number of hydrogen-bond donors (Lipinski definition) is 0. The predicted molar refractivity (Wildman–Crippen MR) is 43.2 cm³/mol. The van der Waals surface area contributed by atoms with Crippen LogP contribution < -0.4 is 4.90 Å². The molecule has 0 saturated carbocycles. The fourth-order valence-electron chi connectivity index (χ4n) is 1.26. The third kappa shape index (κ3) is 1.31. The van der Waals surface area contributed by atoms with Gasteiger partial charge >= 0.3 is 0 Å². The zero-order valence-corrected chi connectivity index (χ0v) is 6.27. The minimum atomic E-state index is 0.987. The van der Waals surface area contributed by atoms with E-state index in [9.17, 15) is 0 Å². The first-order chi connectivity index (χ1) is 5.47. The molecule has 2 rings (SSSR count). The summed E-state index contributed by atoms with van der Waals surface area (Å²) < 4.78 is 0. The summed E-state index contributed by atoms with van der Waals surface area (Å²) in [5.74, 6) is 0.987. The lowest BCUT2D eigenvalue weighted by Crippen LogP contribution is -2.18. The molecule has 0 spiro atoms. The van der Waals surface area contributed by atoms with Crippen LogP contribution in [0.3, 0.4) is 0 Å². The average Bonchev–Trinajstić information content (AvgIpc) is 2.58. The Bertz CT molecular complexity index is 216. The highest BCUT2D eigenvalue weighted by atomic mass is 15.3. The van der Waals surface area contributed by atoms with E-state index in [-0.39, 0.29) is 0 Å². The Morgan fingerprint density at radius 2 is 2.45 bits per heavy atom. The second-order valence-corrected chi connectivity index (χ2v) is 2.61. The SMILES string of the molecule is [CH]1CCN(c2cccnn2)C1. The van der Waals surface area contributed by atoms with Gasteiger partial charge in [0.15, 0.2) is 5.82 Å². The summed E-state index contributed by atoms with van der Waals surface area (Å²) >= 11 is 0. The summed E-state index contributed by atoms with van der Waals surface area (Å²) in [6.45, 7) is 2.09. The molecule has 1 aromatic heterocycles. The molecule has 0 atom stereocenters. The lowest BCUT2D eigenvalue weighted by Gasteiger charge is -2.13. The first-order valence-corrected chi connectivity index (χ1v) is 3.81. The van der Waals surface area contributed by atoms with Crippen molar-refractivity contribution in [3.63, 3.8) is 0 Å². The van der Waals surface area contributed by atoms with Crippen LogP contribution in [-0.2, 0) is 0 Å². The highest BCUT2D eigenvalue weighted by Crippen LogP contribution is 2.14. The Kier molecular flexibility index (Phi) is 1.71. The van der Waals surface area contributed by atoms with Crippen LogP contribution >= 0.6 is 0 Å². The van der Waals surface area contributed by atoms with Crippen molar-refractivity contribution in [3.8, 4) is 0 Å². The van der Waals surface area contributed by atoms with E-state index >= 15 is 0 Å². The molecule has 2 heterocycles. The quantitative estimate of drug-likeness (QED) is 0.592. The van der Waals surface area contributed by atoms with Crippen molar-refractivity contribution in [2.75, 3.05) is 18.0 Å². The largest absolute Gasteiger partial charge is 0.355 e. The average molecular weight is 148 g/mol. The van der Waals surface area contributed by atoms with E-state index in [1.165, 1.54) is 0 Å². The fourth-order valence-corrected chi connectivity index (χ4v) is 1.26. The molecule has 1 saturated heterocycles. The van der Waals surface area contributed by atoms with Gasteiger partial charge in [-0.3, -0.25) is 0 Å². The Morgan fingerprint density at radius 1 is 1.45 bits per heavy atom. The molecule has 1 aliphatic heterocycles. The molecule has 3 heteroatoms. The van der Waals surface area contributed by atoms with Gasteiger partial charge in [-0.05, 0) is 25.0 Å². The third-order valence-corrected chi connectivity index (χ3v) is 1.83. The Labute approximate surface area is 66.1 Å².